The largest absolute Gasteiger partial charge is 0.542 e. The maximum absolute atomic E-state index is 11.2. The Morgan fingerprint density at radius 1 is 1.00 bits per heavy atom. The smallest absolute Gasteiger partial charge is 0.128 e. The zero-order valence-corrected chi connectivity index (χ0v) is 22.0. The number of anilines is 1. The van der Waals surface area contributed by atoms with Crippen LogP contribution in [0.1, 0.15) is 18.4 Å². The fraction of sp³-hybridized carbons (Fsp3) is 0.286. The number of fused-ring (bicyclic) bond motifs is 4. The number of hydrogen-bond donors (Lipinski definition) is 0. The van der Waals surface area contributed by atoms with Gasteiger partial charge < -0.3 is 9.69 Å². The first-order chi connectivity index (χ1) is 17.1. The van der Waals surface area contributed by atoms with Crippen molar-refractivity contribution < 1.29 is 42.5 Å². The van der Waals surface area contributed by atoms with Crippen molar-refractivity contribution in [2.45, 2.75) is 25.8 Å². The molecule has 2 aliphatic rings. The Balaban J connectivity index is 0.00000240. The van der Waals surface area contributed by atoms with E-state index in [1.807, 2.05) is 34.7 Å². The third-order valence-electron chi connectivity index (χ3n) is 7.79. The van der Waals surface area contributed by atoms with Gasteiger partial charge in [-0.05, 0) is 43.0 Å². The molecule has 3 aromatic heterocycles. The van der Waals surface area contributed by atoms with Gasteiger partial charge in [-0.3, -0.25) is 11.0 Å². The third-order valence-corrected chi connectivity index (χ3v) is 7.79. The molecule has 7 rings (SSSR count). The van der Waals surface area contributed by atoms with Crippen LogP contribution >= 0.6 is 0 Å². The molecule has 3 atom stereocenters. The van der Waals surface area contributed by atoms with Gasteiger partial charge in [0.2, 0.25) is 0 Å². The number of hydrogen-bond acceptors (Lipinski definition) is 5. The van der Waals surface area contributed by atoms with Gasteiger partial charge in [0.1, 0.15) is 11.5 Å². The third kappa shape index (κ3) is 3.59. The summed E-state index contributed by atoms with van der Waals surface area (Å²) in [6.07, 6.45) is 8.16. The van der Waals surface area contributed by atoms with Crippen LogP contribution in [0.4, 0.5) is 5.82 Å². The number of benzene rings is 2. The van der Waals surface area contributed by atoms with Gasteiger partial charge in [0.15, 0.2) is 0 Å². The summed E-state index contributed by atoms with van der Waals surface area (Å²) in [6, 6.07) is 17.1. The van der Waals surface area contributed by atoms with Crippen LogP contribution < -0.4 is 4.90 Å². The molecule has 0 amide bonds. The fourth-order valence-electron chi connectivity index (χ4n) is 6.14. The zero-order chi connectivity index (χ0) is 23.7. The van der Waals surface area contributed by atoms with E-state index < -0.39 is 0 Å². The Labute approximate surface area is 239 Å². The van der Waals surface area contributed by atoms with Gasteiger partial charge in [0.05, 0.1) is 22.9 Å². The van der Waals surface area contributed by atoms with Crippen molar-refractivity contribution in [1.82, 2.24) is 24.5 Å². The van der Waals surface area contributed by atoms with Crippen molar-refractivity contribution in [3.63, 3.8) is 0 Å². The minimum atomic E-state index is 0. The normalized spacial score (nSPS) is 20.8. The number of carbonyl (C=O) groups excluding carboxylic acids is 1. The van der Waals surface area contributed by atoms with Crippen LogP contribution in [0.3, 0.4) is 0 Å². The van der Waals surface area contributed by atoms with E-state index in [9.17, 15) is 4.79 Å². The molecule has 1 saturated carbocycles. The van der Waals surface area contributed by atoms with Crippen molar-refractivity contribution in [3.8, 4) is 16.9 Å². The van der Waals surface area contributed by atoms with E-state index in [0.717, 1.165) is 69.5 Å². The SMILES string of the molecule is Cc1cccc2c(-c3cccc4nn(C)cc34)nn(-c3ccc(N4C[C@@H]5C[C@H]4C[C@H]5[C-]=O)nc3)c12.[Ho]. The van der Waals surface area contributed by atoms with Gasteiger partial charge in [-0.25, -0.2) is 9.67 Å². The Kier molecular flexibility index (Phi) is 5.90. The first-order valence-electron chi connectivity index (χ1n) is 12.1. The number of aryl methyl sites for hydroxylation is 2. The molecule has 1 saturated heterocycles. The molecule has 36 heavy (non-hydrogen) atoms. The van der Waals surface area contributed by atoms with Crippen molar-refractivity contribution in [2.24, 2.45) is 18.9 Å². The monoisotopic (exact) mass is 626 g/mol. The topological polar surface area (TPSA) is 68.8 Å². The molecule has 1 aliphatic carbocycles. The molecule has 0 spiro atoms. The van der Waals surface area contributed by atoms with Crippen molar-refractivity contribution in [3.05, 3.63) is 66.5 Å². The van der Waals surface area contributed by atoms with Crippen molar-refractivity contribution in [1.29, 1.82) is 0 Å². The van der Waals surface area contributed by atoms with Gasteiger partial charge in [0.25, 0.3) is 0 Å². The molecule has 7 nitrogen and oxygen atoms in total. The predicted molar refractivity (Wildman–Crippen MR) is 136 cm³/mol. The van der Waals surface area contributed by atoms with Gasteiger partial charge in [0, 0.05) is 79.9 Å². The second kappa shape index (κ2) is 8.98. The predicted octanol–water partition coefficient (Wildman–Crippen LogP) is 4.61. The van der Waals surface area contributed by atoms with Crippen LogP contribution in [0.15, 0.2) is 60.9 Å². The van der Waals surface area contributed by atoms with Crippen molar-refractivity contribution in [2.75, 3.05) is 11.4 Å². The van der Waals surface area contributed by atoms with Crippen LogP contribution in [0.25, 0.3) is 38.8 Å². The number of para-hydroxylation sites is 1. The van der Waals surface area contributed by atoms with E-state index in [2.05, 4.69) is 65.8 Å². The molecule has 4 heterocycles. The molecular weight excluding hydrogens is 601 g/mol. The summed E-state index contributed by atoms with van der Waals surface area (Å²) in [5, 5.41) is 11.9. The summed E-state index contributed by atoms with van der Waals surface area (Å²) in [4.78, 5) is 18.4. The summed E-state index contributed by atoms with van der Waals surface area (Å²) in [6.45, 7) is 3.01. The Hall–Kier alpha value is -2.74. The molecule has 1 radical (unpaired) electrons. The van der Waals surface area contributed by atoms with Gasteiger partial charge in [-0.15, -0.1) is 5.92 Å². The number of rotatable bonds is 4. The molecular formula is C28H25HoN6O-. The van der Waals surface area contributed by atoms with E-state index in [1.165, 1.54) is 0 Å². The van der Waals surface area contributed by atoms with Gasteiger partial charge in [-0.1, -0.05) is 36.8 Å². The molecule has 185 valence electrons. The maximum atomic E-state index is 11.2. The average Bonchev–Trinajstić information content (AvgIpc) is 3.65. The second-order valence-electron chi connectivity index (χ2n) is 9.91. The van der Waals surface area contributed by atoms with Gasteiger partial charge in [-0.2, -0.15) is 10.2 Å². The minimum absolute atomic E-state index is 0. The quantitative estimate of drug-likeness (QED) is 0.216. The molecule has 5 aromatic rings. The number of nitrogens with zero attached hydrogens (tertiary/aromatic N) is 6. The average molecular weight is 626 g/mol. The van der Waals surface area contributed by atoms with E-state index in [-0.39, 0.29) is 43.7 Å². The van der Waals surface area contributed by atoms with Crippen LogP contribution in [-0.4, -0.2) is 43.4 Å². The van der Waals surface area contributed by atoms with Crippen LogP contribution in [0.5, 0.6) is 0 Å². The molecule has 2 bridgehead atoms. The Morgan fingerprint density at radius 2 is 1.86 bits per heavy atom. The van der Waals surface area contributed by atoms with E-state index in [4.69, 9.17) is 10.1 Å². The Morgan fingerprint density at radius 3 is 2.61 bits per heavy atom. The molecule has 0 N–H and O–H groups in total. The van der Waals surface area contributed by atoms with E-state index in [0.29, 0.717) is 12.0 Å². The van der Waals surface area contributed by atoms with E-state index >= 15 is 0 Å². The molecule has 0 unspecified atom stereocenters. The summed E-state index contributed by atoms with van der Waals surface area (Å²) in [5.74, 6) is 1.48. The minimum Gasteiger partial charge on any atom is -0.542 e. The van der Waals surface area contributed by atoms with Crippen molar-refractivity contribution >= 4 is 33.9 Å². The standard InChI is InChI=1S/C28H25N6O.Ho/c1-17-5-3-7-23-27(22-6-4-8-25-24(22)15-32(2)30-25)31-34(28(17)23)20-9-10-26(29-13-20)33-14-18-11-21(33)12-19(18)16-35;/h3-10,13,15,18-19,21H,11-12,14H2,1-2H3;/q-1;/t18-,19-,21-;/m0./s1. The number of piperidine rings is 1. The maximum Gasteiger partial charge on any atom is 0.128 e. The second-order valence-corrected chi connectivity index (χ2v) is 9.91. The molecule has 2 fully saturated rings. The first-order valence-corrected chi connectivity index (χ1v) is 12.1. The van der Waals surface area contributed by atoms with Crippen LogP contribution in [0, 0.1) is 56.5 Å². The van der Waals surface area contributed by atoms with Crippen LogP contribution in [0.2, 0.25) is 0 Å². The van der Waals surface area contributed by atoms with E-state index in [1.54, 1.807) is 0 Å². The summed E-state index contributed by atoms with van der Waals surface area (Å²) in [7, 11) is 1.95. The summed E-state index contributed by atoms with van der Waals surface area (Å²) < 4.78 is 3.86. The number of pyridine rings is 1. The molecule has 2 aromatic carbocycles. The molecule has 1 aliphatic heterocycles. The zero-order valence-electron chi connectivity index (χ0n) is 20.0. The summed E-state index contributed by atoms with van der Waals surface area (Å²) in [5.41, 5.74) is 6.16. The summed E-state index contributed by atoms with van der Waals surface area (Å²) >= 11 is 0. The van der Waals surface area contributed by atoms with Gasteiger partial charge >= 0.3 is 0 Å². The van der Waals surface area contributed by atoms with Crippen LogP contribution in [-0.2, 0) is 11.8 Å². The molecule has 8 heteroatoms. The Bertz CT molecular complexity index is 1600. The number of aromatic nitrogens is 5. The fourth-order valence-corrected chi connectivity index (χ4v) is 6.14. The first kappa shape index (κ1) is 23.6.